The van der Waals surface area contributed by atoms with Crippen LogP contribution in [0.2, 0.25) is 0 Å². The maximum absolute atomic E-state index is 11.4. The van der Waals surface area contributed by atoms with Gasteiger partial charge in [0, 0.05) is 11.3 Å². The molecule has 0 bridgehead atoms. The Bertz CT molecular complexity index is 330. The third-order valence-corrected chi connectivity index (χ3v) is 6.16. The SMILES string of the molecule is CCCC1CCC(N)(CCCS(=O)(=O)CC)CC1. The Morgan fingerprint density at radius 3 is 2.33 bits per heavy atom. The van der Waals surface area contributed by atoms with Gasteiger partial charge in [-0.1, -0.05) is 26.7 Å². The van der Waals surface area contributed by atoms with E-state index in [0.717, 1.165) is 31.6 Å². The summed E-state index contributed by atoms with van der Waals surface area (Å²) in [7, 11) is -2.82. The molecule has 0 saturated heterocycles. The van der Waals surface area contributed by atoms with E-state index < -0.39 is 9.84 Å². The molecule has 1 aliphatic rings. The molecule has 2 N–H and O–H groups in total. The molecule has 1 rings (SSSR count). The second-order valence-corrected chi connectivity index (χ2v) is 8.41. The Hall–Kier alpha value is -0.0900. The van der Waals surface area contributed by atoms with Crippen LogP contribution in [0.25, 0.3) is 0 Å². The minimum atomic E-state index is -2.82. The number of sulfone groups is 1. The Morgan fingerprint density at radius 2 is 1.83 bits per heavy atom. The first-order valence-corrected chi connectivity index (χ1v) is 9.22. The monoisotopic (exact) mass is 275 g/mol. The van der Waals surface area contributed by atoms with Gasteiger partial charge in [0.25, 0.3) is 0 Å². The lowest BCUT2D eigenvalue weighted by molar-refractivity contribution is 0.212. The predicted molar refractivity (Wildman–Crippen MR) is 77.3 cm³/mol. The Labute approximate surface area is 112 Å². The minimum Gasteiger partial charge on any atom is -0.325 e. The van der Waals surface area contributed by atoms with Crippen molar-refractivity contribution in [2.75, 3.05) is 11.5 Å². The molecule has 0 radical (unpaired) electrons. The maximum atomic E-state index is 11.4. The summed E-state index contributed by atoms with van der Waals surface area (Å²) in [5.74, 6) is 1.41. The highest BCUT2D eigenvalue weighted by Crippen LogP contribution is 2.35. The third-order valence-electron chi connectivity index (χ3n) is 4.37. The molecule has 0 spiro atoms. The summed E-state index contributed by atoms with van der Waals surface area (Å²) in [6, 6.07) is 0. The number of nitrogens with two attached hydrogens (primary N) is 1. The highest BCUT2D eigenvalue weighted by molar-refractivity contribution is 7.91. The molecule has 1 saturated carbocycles. The summed E-state index contributed by atoms with van der Waals surface area (Å²) in [6.07, 6.45) is 8.77. The van der Waals surface area contributed by atoms with Gasteiger partial charge in [-0.3, -0.25) is 0 Å². The summed E-state index contributed by atoms with van der Waals surface area (Å²) < 4.78 is 22.9. The Kier molecular flexibility index (Phi) is 6.12. The molecule has 1 fully saturated rings. The second kappa shape index (κ2) is 6.90. The molecule has 108 valence electrons. The van der Waals surface area contributed by atoms with Crippen molar-refractivity contribution in [1.82, 2.24) is 0 Å². The molecule has 0 aliphatic heterocycles. The molecule has 0 atom stereocenters. The van der Waals surface area contributed by atoms with Crippen molar-refractivity contribution in [2.45, 2.75) is 70.8 Å². The fourth-order valence-electron chi connectivity index (χ4n) is 2.99. The van der Waals surface area contributed by atoms with E-state index in [2.05, 4.69) is 6.92 Å². The zero-order chi connectivity index (χ0) is 13.6. The average Bonchev–Trinajstić information content (AvgIpc) is 2.32. The van der Waals surface area contributed by atoms with Crippen LogP contribution in [0.5, 0.6) is 0 Å². The van der Waals surface area contributed by atoms with Crippen LogP contribution in [0, 0.1) is 5.92 Å². The number of hydrogen-bond acceptors (Lipinski definition) is 3. The van der Waals surface area contributed by atoms with E-state index in [4.69, 9.17) is 5.73 Å². The van der Waals surface area contributed by atoms with Gasteiger partial charge in [0.2, 0.25) is 0 Å². The van der Waals surface area contributed by atoms with Crippen LogP contribution >= 0.6 is 0 Å². The van der Waals surface area contributed by atoms with Crippen molar-refractivity contribution in [2.24, 2.45) is 11.7 Å². The molecular formula is C14H29NO2S. The van der Waals surface area contributed by atoms with Crippen molar-refractivity contribution < 1.29 is 8.42 Å². The summed E-state index contributed by atoms with van der Waals surface area (Å²) in [5, 5.41) is 0. The maximum Gasteiger partial charge on any atom is 0.150 e. The van der Waals surface area contributed by atoms with Crippen LogP contribution in [0.4, 0.5) is 0 Å². The summed E-state index contributed by atoms with van der Waals surface area (Å²) in [5.41, 5.74) is 6.30. The molecule has 0 unspecified atom stereocenters. The van der Waals surface area contributed by atoms with Crippen LogP contribution < -0.4 is 5.73 Å². The molecule has 0 heterocycles. The normalized spacial score (nSPS) is 29.4. The van der Waals surface area contributed by atoms with Crippen LogP contribution in [0.15, 0.2) is 0 Å². The van der Waals surface area contributed by atoms with Crippen LogP contribution in [0.1, 0.15) is 65.2 Å². The van der Waals surface area contributed by atoms with E-state index in [-0.39, 0.29) is 11.3 Å². The fourth-order valence-corrected chi connectivity index (χ4v) is 3.86. The van der Waals surface area contributed by atoms with Gasteiger partial charge < -0.3 is 5.73 Å². The van der Waals surface area contributed by atoms with Gasteiger partial charge in [-0.25, -0.2) is 8.42 Å². The second-order valence-electron chi connectivity index (χ2n) is 5.93. The van der Waals surface area contributed by atoms with Gasteiger partial charge in [0.15, 0.2) is 0 Å². The van der Waals surface area contributed by atoms with Crippen LogP contribution in [-0.2, 0) is 9.84 Å². The topological polar surface area (TPSA) is 60.2 Å². The van der Waals surface area contributed by atoms with E-state index in [9.17, 15) is 8.42 Å². The molecular weight excluding hydrogens is 246 g/mol. The van der Waals surface area contributed by atoms with Crippen LogP contribution in [-0.4, -0.2) is 25.5 Å². The lowest BCUT2D eigenvalue weighted by Crippen LogP contribution is -2.43. The summed E-state index contributed by atoms with van der Waals surface area (Å²) in [4.78, 5) is 0. The minimum absolute atomic E-state index is 0.0898. The highest BCUT2D eigenvalue weighted by Gasteiger charge is 2.31. The lowest BCUT2D eigenvalue weighted by atomic mass is 9.74. The molecule has 0 aromatic heterocycles. The molecule has 18 heavy (non-hydrogen) atoms. The number of rotatable bonds is 7. The summed E-state index contributed by atoms with van der Waals surface area (Å²) in [6.45, 7) is 3.95. The molecule has 1 aliphatic carbocycles. The van der Waals surface area contributed by atoms with Gasteiger partial charge in [-0.2, -0.15) is 0 Å². The van der Waals surface area contributed by atoms with E-state index in [1.54, 1.807) is 6.92 Å². The standard InChI is InChI=1S/C14H29NO2S/c1-3-6-13-7-10-14(15,11-8-13)9-5-12-18(16,17)4-2/h13H,3-12,15H2,1-2H3. The van der Waals surface area contributed by atoms with E-state index >= 15 is 0 Å². The molecule has 0 aromatic carbocycles. The zero-order valence-electron chi connectivity index (χ0n) is 12.0. The average molecular weight is 275 g/mol. The smallest absolute Gasteiger partial charge is 0.150 e. The Morgan fingerprint density at radius 1 is 1.22 bits per heavy atom. The van der Waals surface area contributed by atoms with Gasteiger partial charge >= 0.3 is 0 Å². The van der Waals surface area contributed by atoms with Gasteiger partial charge in [-0.05, 0) is 44.4 Å². The molecule has 4 heteroatoms. The molecule has 0 aromatic rings. The van der Waals surface area contributed by atoms with Gasteiger partial charge in [0.05, 0.1) is 5.75 Å². The largest absolute Gasteiger partial charge is 0.325 e. The van der Waals surface area contributed by atoms with E-state index in [1.807, 2.05) is 0 Å². The lowest BCUT2D eigenvalue weighted by Gasteiger charge is -2.37. The van der Waals surface area contributed by atoms with Crippen molar-refractivity contribution in [1.29, 1.82) is 0 Å². The summed E-state index contributed by atoms with van der Waals surface area (Å²) >= 11 is 0. The van der Waals surface area contributed by atoms with Crippen molar-refractivity contribution in [3.8, 4) is 0 Å². The van der Waals surface area contributed by atoms with E-state index in [0.29, 0.717) is 5.75 Å². The van der Waals surface area contributed by atoms with E-state index in [1.165, 1.54) is 25.7 Å². The molecule has 3 nitrogen and oxygen atoms in total. The van der Waals surface area contributed by atoms with Crippen molar-refractivity contribution in [3.05, 3.63) is 0 Å². The van der Waals surface area contributed by atoms with Crippen LogP contribution in [0.3, 0.4) is 0 Å². The van der Waals surface area contributed by atoms with Gasteiger partial charge in [0.1, 0.15) is 9.84 Å². The van der Waals surface area contributed by atoms with Crippen molar-refractivity contribution >= 4 is 9.84 Å². The zero-order valence-corrected chi connectivity index (χ0v) is 12.8. The predicted octanol–water partition coefficient (Wildman–Crippen LogP) is 2.89. The first-order valence-electron chi connectivity index (χ1n) is 7.40. The first kappa shape index (κ1) is 16.0. The quantitative estimate of drug-likeness (QED) is 0.777. The fraction of sp³-hybridized carbons (Fsp3) is 1.00. The first-order chi connectivity index (χ1) is 8.41. The highest BCUT2D eigenvalue weighted by atomic mass is 32.2. The third kappa shape index (κ3) is 5.27. The van der Waals surface area contributed by atoms with Crippen molar-refractivity contribution in [3.63, 3.8) is 0 Å². The van der Waals surface area contributed by atoms with Gasteiger partial charge in [-0.15, -0.1) is 0 Å². The molecule has 0 amide bonds. The number of hydrogen-bond donors (Lipinski definition) is 1. The Balaban J connectivity index is 2.30.